The summed E-state index contributed by atoms with van der Waals surface area (Å²) >= 11 is 1.47. The highest BCUT2D eigenvalue weighted by Crippen LogP contribution is 2.24. The molecule has 0 atom stereocenters. The molecule has 3 aromatic heterocycles. The van der Waals surface area contributed by atoms with E-state index in [1.54, 1.807) is 12.1 Å². The van der Waals surface area contributed by atoms with Crippen molar-refractivity contribution in [1.29, 1.82) is 0 Å². The summed E-state index contributed by atoms with van der Waals surface area (Å²) in [6.07, 6.45) is 7.24. The van der Waals surface area contributed by atoms with Crippen molar-refractivity contribution in [2.24, 2.45) is 0 Å². The monoisotopic (exact) mass is 480 g/mol. The molecule has 176 valence electrons. The zero-order valence-electron chi connectivity index (χ0n) is 18.6. The minimum Gasteiger partial charge on any atom is -0.476 e. The number of piperidine rings is 1. The Morgan fingerprint density at radius 2 is 1.97 bits per heavy atom. The van der Waals surface area contributed by atoms with E-state index >= 15 is 0 Å². The number of nitrogens with zero attached hydrogens (tertiary/aromatic N) is 5. The molecule has 34 heavy (non-hydrogen) atoms. The molecule has 0 unspecified atom stereocenters. The molecule has 0 radical (unpaired) electrons. The van der Waals surface area contributed by atoms with E-state index in [-0.39, 0.29) is 18.1 Å². The lowest BCUT2D eigenvalue weighted by atomic mass is 10.1. The van der Waals surface area contributed by atoms with Gasteiger partial charge in [-0.1, -0.05) is 0 Å². The van der Waals surface area contributed by atoms with Gasteiger partial charge in [-0.15, -0.1) is 11.3 Å². The summed E-state index contributed by atoms with van der Waals surface area (Å²) in [7, 11) is 0. The van der Waals surface area contributed by atoms with E-state index in [1.807, 2.05) is 22.0 Å². The van der Waals surface area contributed by atoms with Gasteiger partial charge in [-0.2, -0.15) is 0 Å². The summed E-state index contributed by atoms with van der Waals surface area (Å²) in [5, 5.41) is 4.82. The SMILES string of the molecule is O=C(Cc1csc2nc(-c3ccc(F)cc3)cn12)NCCOc1cc(N2CCCCC2)ncn1. The molecule has 4 heterocycles. The van der Waals surface area contributed by atoms with Crippen LogP contribution in [0, 0.1) is 5.82 Å². The number of rotatable bonds is 8. The molecule has 0 spiro atoms. The third kappa shape index (κ3) is 5.17. The van der Waals surface area contributed by atoms with Crippen molar-refractivity contribution in [3.8, 4) is 17.1 Å². The molecule has 1 aromatic carbocycles. The van der Waals surface area contributed by atoms with Crippen LogP contribution in [0.15, 0.2) is 48.2 Å². The number of aromatic nitrogens is 4. The lowest BCUT2D eigenvalue weighted by Gasteiger charge is -2.27. The van der Waals surface area contributed by atoms with Crippen molar-refractivity contribution in [2.45, 2.75) is 25.7 Å². The fraction of sp³-hybridized carbons (Fsp3) is 0.333. The van der Waals surface area contributed by atoms with E-state index in [1.165, 1.54) is 49.1 Å². The van der Waals surface area contributed by atoms with Gasteiger partial charge in [0.1, 0.15) is 24.6 Å². The minimum absolute atomic E-state index is 0.1000. The van der Waals surface area contributed by atoms with Gasteiger partial charge in [0.15, 0.2) is 4.96 Å². The van der Waals surface area contributed by atoms with Crippen molar-refractivity contribution >= 4 is 28.0 Å². The van der Waals surface area contributed by atoms with Gasteiger partial charge in [0.2, 0.25) is 11.8 Å². The van der Waals surface area contributed by atoms with E-state index in [2.05, 4.69) is 25.2 Å². The Kier molecular flexibility index (Phi) is 6.66. The molecule has 0 aliphatic carbocycles. The molecule has 5 rings (SSSR count). The van der Waals surface area contributed by atoms with Crippen LogP contribution in [-0.2, 0) is 11.2 Å². The summed E-state index contributed by atoms with van der Waals surface area (Å²) in [4.78, 5) is 28.6. The van der Waals surface area contributed by atoms with E-state index in [0.717, 1.165) is 40.8 Å². The molecule has 1 aliphatic heterocycles. The van der Waals surface area contributed by atoms with Gasteiger partial charge in [-0.3, -0.25) is 9.20 Å². The zero-order chi connectivity index (χ0) is 23.3. The number of imidazole rings is 1. The Morgan fingerprint density at radius 1 is 1.15 bits per heavy atom. The fourth-order valence-corrected chi connectivity index (χ4v) is 4.87. The van der Waals surface area contributed by atoms with Crippen molar-refractivity contribution in [3.05, 3.63) is 59.7 Å². The molecule has 0 saturated carbocycles. The van der Waals surface area contributed by atoms with Gasteiger partial charge in [-0.05, 0) is 43.5 Å². The molecular formula is C24H25FN6O2S. The molecule has 8 nitrogen and oxygen atoms in total. The molecule has 1 saturated heterocycles. The third-order valence-electron chi connectivity index (χ3n) is 5.75. The van der Waals surface area contributed by atoms with Gasteiger partial charge < -0.3 is 15.0 Å². The van der Waals surface area contributed by atoms with Gasteiger partial charge in [-0.25, -0.2) is 19.3 Å². The Bertz CT molecular complexity index is 1270. The number of nitrogens with one attached hydrogen (secondary N) is 1. The number of benzene rings is 1. The van der Waals surface area contributed by atoms with Gasteiger partial charge in [0, 0.05) is 42.0 Å². The van der Waals surface area contributed by atoms with Crippen molar-refractivity contribution in [1.82, 2.24) is 24.7 Å². The normalized spacial score (nSPS) is 13.9. The highest BCUT2D eigenvalue weighted by molar-refractivity contribution is 7.15. The number of amides is 1. The smallest absolute Gasteiger partial charge is 0.226 e. The lowest BCUT2D eigenvalue weighted by molar-refractivity contribution is -0.120. The van der Waals surface area contributed by atoms with Crippen molar-refractivity contribution in [2.75, 3.05) is 31.1 Å². The molecule has 1 aliphatic rings. The molecular weight excluding hydrogens is 455 g/mol. The number of thiazole rings is 1. The average Bonchev–Trinajstić information content (AvgIpc) is 3.45. The van der Waals surface area contributed by atoms with E-state index in [0.29, 0.717) is 19.0 Å². The van der Waals surface area contributed by atoms with Crippen molar-refractivity contribution in [3.63, 3.8) is 0 Å². The first-order chi connectivity index (χ1) is 16.7. The minimum atomic E-state index is -0.284. The lowest BCUT2D eigenvalue weighted by Crippen LogP contribution is -2.30. The summed E-state index contributed by atoms with van der Waals surface area (Å²) in [5.41, 5.74) is 2.43. The Hall–Kier alpha value is -3.53. The Morgan fingerprint density at radius 3 is 2.79 bits per heavy atom. The number of carbonyl (C=O) groups is 1. The predicted molar refractivity (Wildman–Crippen MR) is 129 cm³/mol. The maximum absolute atomic E-state index is 13.2. The van der Waals surface area contributed by atoms with Crippen LogP contribution in [-0.4, -0.2) is 51.5 Å². The fourth-order valence-electron chi connectivity index (χ4n) is 3.99. The van der Waals surface area contributed by atoms with Crippen LogP contribution in [0.1, 0.15) is 25.0 Å². The first kappa shape index (κ1) is 22.3. The van der Waals surface area contributed by atoms with Crippen LogP contribution >= 0.6 is 11.3 Å². The summed E-state index contributed by atoms with van der Waals surface area (Å²) in [5.74, 6) is 1.01. The number of halogens is 1. The quantitative estimate of drug-likeness (QED) is 0.387. The molecule has 0 bridgehead atoms. The van der Waals surface area contributed by atoms with E-state index in [9.17, 15) is 9.18 Å². The second kappa shape index (κ2) is 10.2. The van der Waals surface area contributed by atoms with Gasteiger partial charge >= 0.3 is 0 Å². The standard InChI is InChI=1S/C24H25FN6O2S/c25-18-6-4-17(5-7-18)20-14-31-19(15-34-24(31)29-20)12-22(32)26-8-11-33-23-13-21(27-16-28-23)30-9-2-1-3-10-30/h4-7,13-16H,1-3,8-12H2,(H,26,32). The van der Waals surface area contributed by atoms with Crippen LogP contribution in [0.5, 0.6) is 5.88 Å². The maximum atomic E-state index is 13.2. The number of carbonyl (C=O) groups excluding carboxylic acids is 1. The highest BCUT2D eigenvalue weighted by Gasteiger charge is 2.14. The average molecular weight is 481 g/mol. The summed E-state index contributed by atoms with van der Waals surface area (Å²) < 4.78 is 20.8. The van der Waals surface area contributed by atoms with Crippen LogP contribution in [0.4, 0.5) is 10.2 Å². The predicted octanol–water partition coefficient (Wildman–Crippen LogP) is 3.72. The maximum Gasteiger partial charge on any atom is 0.226 e. The topological polar surface area (TPSA) is 84.7 Å². The number of hydrogen-bond acceptors (Lipinski definition) is 7. The zero-order valence-corrected chi connectivity index (χ0v) is 19.4. The van der Waals surface area contributed by atoms with Gasteiger partial charge in [0.25, 0.3) is 0 Å². The van der Waals surface area contributed by atoms with Gasteiger partial charge in [0.05, 0.1) is 18.7 Å². The van der Waals surface area contributed by atoms with E-state index in [4.69, 9.17) is 4.74 Å². The molecule has 1 fully saturated rings. The highest BCUT2D eigenvalue weighted by atomic mass is 32.1. The number of fused-ring (bicyclic) bond motifs is 1. The van der Waals surface area contributed by atoms with Crippen molar-refractivity contribution < 1.29 is 13.9 Å². The number of hydrogen-bond donors (Lipinski definition) is 1. The van der Waals surface area contributed by atoms with Crippen LogP contribution in [0.2, 0.25) is 0 Å². The second-order valence-electron chi connectivity index (χ2n) is 8.15. The molecule has 1 amide bonds. The molecule has 10 heteroatoms. The van der Waals surface area contributed by atoms with Crippen LogP contribution < -0.4 is 15.0 Å². The van der Waals surface area contributed by atoms with Crippen LogP contribution in [0.3, 0.4) is 0 Å². The Balaban J connectivity index is 1.12. The Labute approximate surface area is 200 Å². The largest absolute Gasteiger partial charge is 0.476 e. The third-order valence-corrected chi connectivity index (χ3v) is 6.64. The second-order valence-corrected chi connectivity index (χ2v) is 8.99. The first-order valence-electron chi connectivity index (χ1n) is 11.3. The number of ether oxygens (including phenoxy) is 1. The molecule has 1 N–H and O–H groups in total. The first-order valence-corrected chi connectivity index (χ1v) is 12.2. The van der Waals surface area contributed by atoms with E-state index < -0.39 is 0 Å². The summed E-state index contributed by atoms with van der Waals surface area (Å²) in [6.45, 7) is 2.70. The summed E-state index contributed by atoms with van der Waals surface area (Å²) in [6, 6.07) is 8.07. The molecule has 4 aromatic rings. The van der Waals surface area contributed by atoms with Crippen LogP contribution in [0.25, 0.3) is 16.2 Å². The number of anilines is 1.